The predicted octanol–water partition coefficient (Wildman–Crippen LogP) is 1.80. The van der Waals surface area contributed by atoms with Crippen molar-refractivity contribution in [3.05, 3.63) is 92.4 Å². The molecular formula is C31H33NO10. The Kier molecular flexibility index (Phi) is 9.59. The summed E-state index contributed by atoms with van der Waals surface area (Å²) in [5.74, 6) is -2.62. The Morgan fingerprint density at radius 2 is 1.40 bits per heavy atom. The van der Waals surface area contributed by atoms with E-state index in [1.54, 1.807) is 63.2 Å². The van der Waals surface area contributed by atoms with Gasteiger partial charge in [-0.15, -0.1) is 0 Å². The molecule has 1 aliphatic heterocycles. The summed E-state index contributed by atoms with van der Waals surface area (Å²) in [5.41, 5.74) is 1.82. The SMILES string of the molecule is CC1=C(C(=O)OCC(O)CO)C(c2cccc3c(=O)c(C)c(-c4ccccc4)oc23)C(C(=O)OCC(O)CO)=C(C)N1. The Morgan fingerprint density at radius 1 is 0.857 bits per heavy atom. The van der Waals surface area contributed by atoms with Crippen LogP contribution in [-0.4, -0.2) is 71.0 Å². The zero-order valence-corrected chi connectivity index (χ0v) is 23.4. The summed E-state index contributed by atoms with van der Waals surface area (Å²) < 4.78 is 17.0. The van der Waals surface area contributed by atoms with Gasteiger partial charge in [0.2, 0.25) is 0 Å². The van der Waals surface area contributed by atoms with E-state index in [4.69, 9.17) is 13.9 Å². The van der Waals surface area contributed by atoms with Crippen LogP contribution in [0.4, 0.5) is 0 Å². The zero-order valence-electron chi connectivity index (χ0n) is 23.4. The predicted molar refractivity (Wildman–Crippen MR) is 152 cm³/mol. The molecule has 4 rings (SSSR count). The first kappa shape index (κ1) is 30.7. The number of ether oxygens (including phenoxy) is 2. The van der Waals surface area contributed by atoms with Crippen LogP contribution < -0.4 is 10.7 Å². The van der Waals surface area contributed by atoms with Crippen molar-refractivity contribution in [2.75, 3.05) is 26.4 Å². The first-order chi connectivity index (χ1) is 20.1. The first-order valence-corrected chi connectivity index (χ1v) is 13.3. The van der Waals surface area contributed by atoms with Crippen molar-refractivity contribution in [3.63, 3.8) is 0 Å². The van der Waals surface area contributed by atoms with Crippen molar-refractivity contribution in [1.82, 2.24) is 5.32 Å². The van der Waals surface area contributed by atoms with Gasteiger partial charge in [-0.3, -0.25) is 4.79 Å². The highest BCUT2D eigenvalue weighted by Gasteiger charge is 2.40. The van der Waals surface area contributed by atoms with Crippen LogP contribution in [0.1, 0.15) is 30.9 Å². The number of esters is 2. The second-order valence-electron chi connectivity index (χ2n) is 9.98. The van der Waals surface area contributed by atoms with Crippen LogP contribution in [-0.2, 0) is 19.1 Å². The number of para-hydroxylation sites is 1. The van der Waals surface area contributed by atoms with E-state index in [0.717, 1.165) is 0 Å². The van der Waals surface area contributed by atoms with Gasteiger partial charge in [-0.25, -0.2) is 9.59 Å². The number of fused-ring (bicyclic) bond motifs is 1. The van der Waals surface area contributed by atoms with Gasteiger partial charge in [0.1, 0.15) is 36.8 Å². The summed E-state index contributed by atoms with van der Waals surface area (Å²) in [4.78, 5) is 40.5. The molecule has 2 unspecified atom stereocenters. The maximum Gasteiger partial charge on any atom is 0.336 e. The van der Waals surface area contributed by atoms with E-state index in [0.29, 0.717) is 33.8 Å². The third-order valence-corrected chi connectivity index (χ3v) is 6.96. The molecule has 0 saturated heterocycles. The lowest BCUT2D eigenvalue weighted by Crippen LogP contribution is -2.34. The molecule has 1 aromatic heterocycles. The fourth-order valence-electron chi connectivity index (χ4n) is 4.87. The molecule has 3 aromatic rings. The van der Waals surface area contributed by atoms with Gasteiger partial charge in [0, 0.05) is 28.1 Å². The normalized spacial score (nSPS) is 16.7. The molecule has 0 bridgehead atoms. The molecule has 2 atom stereocenters. The lowest BCUT2D eigenvalue weighted by molar-refractivity contribution is -0.143. The monoisotopic (exact) mass is 579 g/mol. The second kappa shape index (κ2) is 13.1. The lowest BCUT2D eigenvalue weighted by Gasteiger charge is -2.31. The summed E-state index contributed by atoms with van der Waals surface area (Å²) in [6, 6.07) is 13.9. The van der Waals surface area contributed by atoms with E-state index in [2.05, 4.69) is 5.32 Å². The minimum atomic E-state index is -1.32. The minimum Gasteiger partial charge on any atom is -0.459 e. The van der Waals surface area contributed by atoms with E-state index in [1.165, 1.54) is 0 Å². The van der Waals surface area contributed by atoms with Crippen molar-refractivity contribution in [2.45, 2.75) is 38.9 Å². The van der Waals surface area contributed by atoms with Crippen LogP contribution >= 0.6 is 0 Å². The van der Waals surface area contributed by atoms with Gasteiger partial charge < -0.3 is 39.6 Å². The summed E-state index contributed by atoms with van der Waals surface area (Å²) in [6.45, 7) is 2.59. The molecule has 0 aliphatic carbocycles. The van der Waals surface area contributed by atoms with Gasteiger partial charge in [-0.2, -0.15) is 0 Å². The average Bonchev–Trinajstić information content (AvgIpc) is 2.99. The fourth-order valence-corrected chi connectivity index (χ4v) is 4.87. The molecule has 2 aromatic carbocycles. The highest BCUT2D eigenvalue weighted by Crippen LogP contribution is 2.42. The first-order valence-electron chi connectivity index (χ1n) is 13.3. The molecule has 0 amide bonds. The molecule has 5 N–H and O–H groups in total. The highest BCUT2D eigenvalue weighted by atomic mass is 16.5. The van der Waals surface area contributed by atoms with Crippen LogP contribution in [0.25, 0.3) is 22.3 Å². The number of allylic oxidation sites excluding steroid dienone is 2. The van der Waals surface area contributed by atoms with E-state index >= 15 is 0 Å². The topological polar surface area (TPSA) is 176 Å². The number of benzene rings is 2. The lowest BCUT2D eigenvalue weighted by atomic mass is 9.79. The summed E-state index contributed by atoms with van der Waals surface area (Å²) >= 11 is 0. The van der Waals surface area contributed by atoms with Gasteiger partial charge in [-0.1, -0.05) is 42.5 Å². The number of aliphatic hydroxyl groups excluding tert-OH is 4. The Balaban J connectivity index is 1.96. The Morgan fingerprint density at radius 3 is 1.93 bits per heavy atom. The van der Waals surface area contributed by atoms with Gasteiger partial charge in [-0.05, 0) is 26.8 Å². The molecule has 0 saturated carbocycles. The van der Waals surface area contributed by atoms with Gasteiger partial charge in [0.05, 0.1) is 35.7 Å². The smallest absolute Gasteiger partial charge is 0.336 e. The third kappa shape index (κ3) is 6.14. The van der Waals surface area contributed by atoms with E-state index in [-0.39, 0.29) is 27.5 Å². The molecule has 42 heavy (non-hydrogen) atoms. The number of hydrogen-bond acceptors (Lipinski definition) is 11. The van der Waals surface area contributed by atoms with Crippen LogP contribution in [0.15, 0.2) is 80.3 Å². The maximum absolute atomic E-state index is 13.6. The Hall–Kier alpha value is -4.29. The molecular weight excluding hydrogens is 546 g/mol. The van der Waals surface area contributed by atoms with Crippen molar-refractivity contribution in [1.29, 1.82) is 0 Å². The number of dihydropyridines is 1. The zero-order chi connectivity index (χ0) is 30.6. The van der Waals surface area contributed by atoms with Crippen molar-refractivity contribution >= 4 is 22.9 Å². The summed E-state index contributed by atoms with van der Waals surface area (Å²) in [7, 11) is 0. The third-order valence-electron chi connectivity index (χ3n) is 6.96. The van der Waals surface area contributed by atoms with Gasteiger partial charge in [0.25, 0.3) is 0 Å². The fraction of sp³-hybridized carbons (Fsp3) is 0.323. The molecule has 0 fully saturated rings. The number of aliphatic hydroxyl groups is 4. The Bertz CT molecular complexity index is 1560. The summed E-state index contributed by atoms with van der Waals surface area (Å²) in [5, 5.41) is 41.2. The summed E-state index contributed by atoms with van der Waals surface area (Å²) in [6.07, 6.45) is -2.64. The number of hydrogen-bond donors (Lipinski definition) is 5. The molecule has 0 radical (unpaired) electrons. The van der Waals surface area contributed by atoms with E-state index in [9.17, 15) is 34.8 Å². The molecule has 11 nitrogen and oxygen atoms in total. The van der Waals surface area contributed by atoms with Crippen LogP contribution in [0, 0.1) is 6.92 Å². The van der Waals surface area contributed by atoms with Gasteiger partial charge >= 0.3 is 11.9 Å². The van der Waals surface area contributed by atoms with Crippen molar-refractivity contribution < 1.29 is 43.9 Å². The van der Waals surface area contributed by atoms with Crippen molar-refractivity contribution in [3.8, 4) is 11.3 Å². The molecule has 2 heterocycles. The number of rotatable bonds is 10. The second-order valence-corrected chi connectivity index (χ2v) is 9.98. The quantitative estimate of drug-likeness (QED) is 0.221. The van der Waals surface area contributed by atoms with Crippen LogP contribution in [0.2, 0.25) is 0 Å². The molecule has 11 heteroatoms. The van der Waals surface area contributed by atoms with Crippen molar-refractivity contribution in [2.24, 2.45) is 0 Å². The standard InChI is InChI=1S/C31H33NO10/c1-16-27(37)23-11-7-10-22(29(23)42-28(16)19-8-5-4-6-9-19)26-24(30(38)40-14-20(35)12-33)17(2)32-18(3)25(26)31(39)41-15-21(36)13-34/h4-11,20-21,26,32-36H,12-15H2,1-3H3. The molecule has 222 valence electrons. The number of carbonyl (C=O) groups excluding carboxylic acids is 2. The van der Waals surface area contributed by atoms with Crippen LogP contribution in [0.5, 0.6) is 0 Å². The average molecular weight is 580 g/mol. The molecule has 0 spiro atoms. The van der Waals surface area contributed by atoms with E-state index < -0.39 is 56.5 Å². The largest absolute Gasteiger partial charge is 0.459 e. The highest BCUT2D eigenvalue weighted by molar-refractivity contribution is 6.01. The van der Waals surface area contributed by atoms with E-state index in [1.807, 2.05) is 6.07 Å². The number of nitrogens with one attached hydrogen (secondary N) is 1. The maximum atomic E-state index is 13.6. The van der Waals surface area contributed by atoms with Crippen LogP contribution in [0.3, 0.4) is 0 Å². The molecule has 1 aliphatic rings. The number of carbonyl (C=O) groups is 2. The minimum absolute atomic E-state index is 0.0163. The Labute approximate surface area is 241 Å². The van der Waals surface area contributed by atoms with Gasteiger partial charge in [0.15, 0.2) is 5.43 Å².